The van der Waals surface area contributed by atoms with E-state index in [1.54, 1.807) is 0 Å². The molecule has 0 saturated carbocycles. The van der Waals surface area contributed by atoms with Crippen LogP contribution in [0, 0.1) is 0 Å². The highest BCUT2D eigenvalue weighted by Crippen LogP contribution is 2.27. The van der Waals surface area contributed by atoms with E-state index >= 15 is 0 Å². The number of rotatable bonds is 6. The van der Waals surface area contributed by atoms with E-state index in [9.17, 15) is 4.79 Å². The van der Waals surface area contributed by atoms with Gasteiger partial charge in [-0.2, -0.15) is 0 Å². The van der Waals surface area contributed by atoms with Gasteiger partial charge in [-0.25, -0.2) is 0 Å². The molecule has 27 heavy (non-hydrogen) atoms. The summed E-state index contributed by atoms with van der Waals surface area (Å²) in [5.74, 6) is 1.46. The molecule has 1 atom stereocenters. The lowest BCUT2D eigenvalue weighted by Crippen LogP contribution is -2.36. The Kier molecular flexibility index (Phi) is 6.09. The van der Waals surface area contributed by atoms with Gasteiger partial charge in [-0.3, -0.25) is 9.36 Å². The van der Waals surface area contributed by atoms with Crippen molar-refractivity contribution in [1.29, 1.82) is 0 Å². The molecule has 0 radical (unpaired) electrons. The number of carbonyl (C=O) groups excluding carboxylic acids is 1. The molecule has 0 unspecified atom stereocenters. The molecule has 3 heterocycles. The maximum atomic E-state index is 12.5. The summed E-state index contributed by atoms with van der Waals surface area (Å²) in [6, 6.07) is 10.1. The Balaban J connectivity index is 1.50. The number of ether oxygens (including phenoxy) is 1. The van der Waals surface area contributed by atoms with Crippen LogP contribution in [0.4, 0.5) is 0 Å². The maximum absolute atomic E-state index is 12.5. The van der Waals surface area contributed by atoms with Gasteiger partial charge < -0.3 is 9.64 Å². The Morgan fingerprint density at radius 3 is 2.67 bits per heavy atom. The Morgan fingerprint density at radius 1 is 1.11 bits per heavy atom. The number of carbonyl (C=O) groups is 1. The molecule has 1 aromatic heterocycles. The fraction of sp³-hybridized carbons (Fsp3) is 0.550. The van der Waals surface area contributed by atoms with E-state index < -0.39 is 0 Å². The lowest BCUT2D eigenvalue weighted by atomic mass is 10.1. The van der Waals surface area contributed by atoms with Crippen LogP contribution in [0.5, 0.6) is 0 Å². The standard InChI is InChI=1S/C20H26N4O2S/c25-18(23-11-5-2-6-12-23)15-27-20-22-21-19(16-8-3-1-4-9-16)24(20)14-17-10-7-13-26-17/h1,3-4,8-9,17H,2,5-7,10-15H2/t17-/m0/s1. The Labute approximate surface area is 164 Å². The maximum Gasteiger partial charge on any atom is 0.233 e. The molecule has 7 heteroatoms. The minimum atomic E-state index is 0.195. The molecule has 0 aliphatic carbocycles. The van der Waals surface area contributed by atoms with Crippen molar-refractivity contribution in [2.75, 3.05) is 25.4 Å². The number of nitrogens with zero attached hydrogens (tertiary/aromatic N) is 4. The van der Waals surface area contributed by atoms with Crippen LogP contribution in [0.1, 0.15) is 32.1 Å². The van der Waals surface area contributed by atoms with Gasteiger partial charge in [0.1, 0.15) is 0 Å². The number of benzene rings is 1. The molecule has 2 saturated heterocycles. The Bertz CT molecular complexity index is 753. The van der Waals surface area contributed by atoms with Crippen molar-refractivity contribution >= 4 is 17.7 Å². The zero-order valence-corrected chi connectivity index (χ0v) is 16.4. The second-order valence-electron chi connectivity index (χ2n) is 7.15. The van der Waals surface area contributed by atoms with Crippen molar-refractivity contribution in [2.45, 2.75) is 49.9 Å². The minimum Gasteiger partial charge on any atom is -0.376 e. The molecule has 2 aliphatic heterocycles. The van der Waals surface area contributed by atoms with Crippen LogP contribution in [0.2, 0.25) is 0 Å². The largest absolute Gasteiger partial charge is 0.376 e. The van der Waals surface area contributed by atoms with Crippen LogP contribution < -0.4 is 0 Å². The highest BCUT2D eigenvalue weighted by molar-refractivity contribution is 7.99. The molecule has 1 aromatic carbocycles. The molecule has 2 aliphatic rings. The summed E-state index contributed by atoms with van der Waals surface area (Å²) in [4.78, 5) is 14.5. The van der Waals surface area contributed by atoms with E-state index in [4.69, 9.17) is 4.74 Å². The number of hydrogen-bond donors (Lipinski definition) is 0. The number of amides is 1. The zero-order valence-electron chi connectivity index (χ0n) is 15.5. The third-order valence-electron chi connectivity index (χ3n) is 5.19. The van der Waals surface area contributed by atoms with Crippen molar-refractivity contribution in [1.82, 2.24) is 19.7 Å². The molecular weight excluding hydrogens is 360 g/mol. The summed E-state index contributed by atoms with van der Waals surface area (Å²) in [6.45, 7) is 3.33. The fourth-order valence-electron chi connectivity index (χ4n) is 3.71. The average molecular weight is 387 g/mol. The van der Waals surface area contributed by atoms with Gasteiger partial charge in [0.15, 0.2) is 11.0 Å². The number of thioether (sulfide) groups is 1. The molecule has 1 amide bonds. The van der Waals surface area contributed by atoms with Crippen LogP contribution in [0.3, 0.4) is 0 Å². The smallest absolute Gasteiger partial charge is 0.233 e. The van der Waals surface area contributed by atoms with Crippen LogP contribution in [0.25, 0.3) is 11.4 Å². The van der Waals surface area contributed by atoms with Crippen LogP contribution in [-0.2, 0) is 16.1 Å². The predicted molar refractivity (Wildman–Crippen MR) is 106 cm³/mol. The normalized spacial score (nSPS) is 20.1. The molecule has 6 nitrogen and oxygen atoms in total. The van der Waals surface area contributed by atoms with E-state index in [1.807, 2.05) is 35.2 Å². The molecule has 0 N–H and O–H groups in total. The van der Waals surface area contributed by atoms with Crippen molar-refractivity contribution in [3.8, 4) is 11.4 Å². The van der Waals surface area contributed by atoms with Crippen LogP contribution in [-0.4, -0.2) is 57.1 Å². The summed E-state index contributed by atoms with van der Waals surface area (Å²) in [5.41, 5.74) is 1.04. The molecule has 0 bridgehead atoms. The third kappa shape index (κ3) is 4.52. The van der Waals surface area contributed by atoms with E-state index in [-0.39, 0.29) is 12.0 Å². The molecule has 2 fully saturated rings. The highest BCUT2D eigenvalue weighted by Gasteiger charge is 2.23. The average Bonchev–Trinajstić information content (AvgIpc) is 3.38. The number of hydrogen-bond acceptors (Lipinski definition) is 5. The number of aromatic nitrogens is 3. The van der Waals surface area contributed by atoms with Gasteiger partial charge in [-0.15, -0.1) is 10.2 Å². The predicted octanol–water partition coefficient (Wildman–Crippen LogP) is 3.23. The van der Waals surface area contributed by atoms with E-state index in [0.29, 0.717) is 5.75 Å². The van der Waals surface area contributed by atoms with E-state index in [2.05, 4.69) is 14.8 Å². The first-order valence-corrected chi connectivity index (χ1v) is 10.8. The van der Waals surface area contributed by atoms with Crippen molar-refractivity contribution in [3.05, 3.63) is 30.3 Å². The van der Waals surface area contributed by atoms with Gasteiger partial charge in [-0.05, 0) is 32.1 Å². The molecular formula is C20H26N4O2S. The fourth-order valence-corrected chi connectivity index (χ4v) is 4.56. The Morgan fingerprint density at radius 2 is 1.93 bits per heavy atom. The van der Waals surface area contributed by atoms with E-state index in [1.165, 1.54) is 18.2 Å². The van der Waals surface area contributed by atoms with Crippen molar-refractivity contribution in [2.24, 2.45) is 0 Å². The van der Waals surface area contributed by atoms with Gasteiger partial charge >= 0.3 is 0 Å². The van der Waals surface area contributed by atoms with E-state index in [0.717, 1.165) is 68.5 Å². The first-order valence-electron chi connectivity index (χ1n) is 9.82. The summed E-state index contributed by atoms with van der Waals surface area (Å²) >= 11 is 1.49. The molecule has 144 valence electrons. The summed E-state index contributed by atoms with van der Waals surface area (Å²) in [7, 11) is 0. The molecule has 0 spiro atoms. The summed E-state index contributed by atoms with van der Waals surface area (Å²) in [5, 5.41) is 9.63. The lowest BCUT2D eigenvalue weighted by molar-refractivity contribution is -0.129. The number of piperidine rings is 1. The van der Waals surface area contributed by atoms with Gasteiger partial charge in [0.2, 0.25) is 5.91 Å². The Hall–Kier alpha value is -1.86. The monoisotopic (exact) mass is 386 g/mol. The van der Waals surface area contributed by atoms with Crippen LogP contribution in [0.15, 0.2) is 35.5 Å². The first kappa shape index (κ1) is 18.5. The SMILES string of the molecule is O=C(CSc1nnc(-c2ccccc2)n1C[C@@H]1CCCO1)N1CCCCC1. The van der Waals surface area contributed by atoms with Gasteiger partial charge in [-0.1, -0.05) is 42.1 Å². The molecule has 2 aromatic rings. The van der Waals surface area contributed by atoms with Crippen molar-refractivity contribution < 1.29 is 9.53 Å². The first-order chi connectivity index (χ1) is 13.3. The third-order valence-corrected chi connectivity index (χ3v) is 6.14. The minimum absolute atomic E-state index is 0.195. The molecule has 4 rings (SSSR count). The second-order valence-corrected chi connectivity index (χ2v) is 8.09. The van der Waals surface area contributed by atoms with Crippen molar-refractivity contribution in [3.63, 3.8) is 0 Å². The summed E-state index contributed by atoms with van der Waals surface area (Å²) in [6.07, 6.45) is 5.81. The lowest BCUT2D eigenvalue weighted by Gasteiger charge is -2.26. The second kappa shape index (κ2) is 8.89. The topological polar surface area (TPSA) is 60.3 Å². The highest BCUT2D eigenvalue weighted by atomic mass is 32.2. The van der Waals surface area contributed by atoms with Gasteiger partial charge in [0, 0.05) is 25.3 Å². The van der Waals surface area contributed by atoms with Gasteiger partial charge in [0.05, 0.1) is 18.4 Å². The summed E-state index contributed by atoms with van der Waals surface area (Å²) < 4.78 is 7.96. The van der Waals surface area contributed by atoms with Crippen LogP contribution >= 0.6 is 11.8 Å². The zero-order chi connectivity index (χ0) is 18.5. The van der Waals surface area contributed by atoms with Gasteiger partial charge in [0.25, 0.3) is 0 Å². The number of likely N-dealkylation sites (tertiary alicyclic amines) is 1. The quantitative estimate of drug-likeness (QED) is 0.714.